The number of benzene rings is 3. The minimum absolute atomic E-state index is 0.169. The Kier molecular flexibility index (Phi) is 7.59. The maximum atomic E-state index is 13.3. The van der Waals surface area contributed by atoms with E-state index < -0.39 is 11.6 Å². The van der Waals surface area contributed by atoms with Crippen molar-refractivity contribution in [3.8, 4) is 11.5 Å². The standard InChI is InChI=1S/C27H32N2O4/c1-19(26(31)28-27(2,3)4)29(17-20-13-15-22(32-5)16-14-20)25(30)18-33-24-12-8-10-21-9-6-7-11-23(21)24/h6-16,19H,17-18H2,1-5H3,(H,28,31)/t19-/m1/s1. The minimum Gasteiger partial charge on any atom is -0.497 e. The van der Waals surface area contributed by atoms with E-state index in [4.69, 9.17) is 9.47 Å². The van der Waals surface area contributed by atoms with Gasteiger partial charge in [-0.2, -0.15) is 0 Å². The summed E-state index contributed by atoms with van der Waals surface area (Å²) in [6.45, 7) is 7.59. The molecular formula is C27H32N2O4. The number of nitrogens with zero attached hydrogens (tertiary/aromatic N) is 1. The van der Waals surface area contributed by atoms with E-state index in [0.29, 0.717) is 5.75 Å². The van der Waals surface area contributed by atoms with E-state index >= 15 is 0 Å². The van der Waals surface area contributed by atoms with Gasteiger partial charge in [0.15, 0.2) is 6.61 Å². The average molecular weight is 449 g/mol. The Balaban J connectivity index is 1.80. The smallest absolute Gasteiger partial charge is 0.261 e. The molecule has 174 valence electrons. The lowest BCUT2D eigenvalue weighted by molar-refractivity contribution is -0.142. The van der Waals surface area contributed by atoms with Crippen molar-refractivity contribution in [1.82, 2.24) is 10.2 Å². The van der Waals surface area contributed by atoms with E-state index in [1.54, 1.807) is 18.9 Å². The zero-order valence-corrected chi connectivity index (χ0v) is 19.9. The van der Waals surface area contributed by atoms with Gasteiger partial charge in [0.05, 0.1) is 7.11 Å². The summed E-state index contributed by atoms with van der Waals surface area (Å²) in [7, 11) is 1.61. The first-order valence-corrected chi connectivity index (χ1v) is 11.0. The third-order valence-corrected chi connectivity index (χ3v) is 5.28. The highest BCUT2D eigenvalue weighted by Crippen LogP contribution is 2.25. The molecule has 0 heterocycles. The van der Waals surface area contributed by atoms with E-state index in [-0.39, 0.29) is 25.0 Å². The monoisotopic (exact) mass is 448 g/mol. The van der Waals surface area contributed by atoms with Gasteiger partial charge in [0, 0.05) is 17.5 Å². The molecule has 0 fully saturated rings. The van der Waals surface area contributed by atoms with Crippen molar-refractivity contribution < 1.29 is 19.1 Å². The second-order valence-electron chi connectivity index (χ2n) is 9.05. The molecular weight excluding hydrogens is 416 g/mol. The lowest BCUT2D eigenvalue weighted by Crippen LogP contribution is -2.53. The summed E-state index contributed by atoms with van der Waals surface area (Å²) in [5.41, 5.74) is 0.490. The summed E-state index contributed by atoms with van der Waals surface area (Å²) in [5, 5.41) is 4.94. The van der Waals surface area contributed by atoms with Crippen LogP contribution in [0.15, 0.2) is 66.7 Å². The summed E-state index contributed by atoms with van der Waals surface area (Å²) < 4.78 is 11.1. The first-order valence-electron chi connectivity index (χ1n) is 11.0. The molecule has 0 unspecified atom stereocenters. The molecule has 0 radical (unpaired) electrons. The van der Waals surface area contributed by atoms with Crippen molar-refractivity contribution >= 4 is 22.6 Å². The molecule has 0 spiro atoms. The van der Waals surface area contributed by atoms with Crippen molar-refractivity contribution in [3.63, 3.8) is 0 Å². The molecule has 6 heteroatoms. The van der Waals surface area contributed by atoms with Crippen LogP contribution >= 0.6 is 0 Å². The zero-order valence-electron chi connectivity index (χ0n) is 19.9. The minimum atomic E-state index is -0.671. The van der Waals surface area contributed by atoms with Gasteiger partial charge in [0.25, 0.3) is 5.91 Å². The molecule has 0 aliphatic carbocycles. The molecule has 0 aliphatic rings. The number of carbonyl (C=O) groups is 2. The Morgan fingerprint density at radius 3 is 2.30 bits per heavy atom. The van der Waals surface area contributed by atoms with Crippen molar-refractivity contribution in [2.75, 3.05) is 13.7 Å². The summed E-state index contributed by atoms with van der Waals surface area (Å²) in [6.07, 6.45) is 0. The van der Waals surface area contributed by atoms with Crippen LogP contribution in [0.25, 0.3) is 10.8 Å². The van der Waals surface area contributed by atoms with Gasteiger partial charge in [-0.05, 0) is 56.8 Å². The highest BCUT2D eigenvalue weighted by Gasteiger charge is 2.28. The van der Waals surface area contributed by atoms with E-state index in [1.807, 2.05) is 87.5 Å². The molecule has 1 atom stereocenters. The van der Waals surface area contributed by atoms with Crippen LogP contribution in [-0.2, 0) is 16.1 Å². The Morgan fingerprint density at radius 2 is 1.64 bits per heavy atom. The molecule has 0 saturated heterocycles. The van der Waals surface area contributed by atoms with Crippen molar-refractivity contribution in [2.24, 2.45) is 0 Å². The van der Waals surface area contributed by atoms with E-state index in [2.05, 4.69) is 5.32 Å². The summed E-state index contributed by atoms with van der Waals surface area (Å²) in [5.74, 6) is 0.886. The number of methoxy groups -OCH3 is 1. The maximum Gasteiger partial charge on any atom is 0.261 e. The molecule has 6 nitrogen and oxygen atoms in total. The average Bonchev–Trinajstić information content (AvgIpc) is 2.79. The van der Waals surface area contributed by atoms with Crippen LogP contribution in [-0.4, -0.2) is 42.0 Å². The molecule has 3 aromatic rings. The molecule has 3 rings (SSSR count). The van der Waals surface area contributed by atoms with Gasteiger partial charge in [-0.25, -0.2) is 0 Å². The number of ether oxygens (including phenoxy) is 2. The molecule has 0 aliphatic heterocycles. The van der Waals surface area contributed by atoms with E-state index in [9.17, 15) is 9.59 Å². The van der Waals surface area contributed by atoms with Crippen LogP contribution < -0.4 is 14.8 Å². The fourth-order valence-corrected chi connectivity index (χ4v) is 3.53. The highest BCUT2D eigenvalue weighted by molar-refractivity contribution is 5.90. The van der Waals surface area contributed by atoms with E-state index in [0.717, 1.165) is 22.1 Å². The number of fused-ring (bicyclic) bond motifs is 1. The van der Waals surface area contributed by atoms with Crippen LogP contribution in [0.2, 0.25) is 0 Å². The lowest BCUT2D eigenvalue weighted by Gasteiger charge is -2.31. The number of nitrogens with one attached hydrogen (secondary N) is 1. The number of hydrogen-bond acceptors (Lipinski definition) is 4. The number of rotatable bonds is 8. The van der Waals surface area contributed by atoms with Crippen LogP contribution in [0.1, 0.15) is 33.3 Å². The van der Waals surface area contributed by atoms with Gasteiger partial charge in [-0.1, -0.05) is 48.5 Å². The normalized spacial score (nSPS) is 12.2. The first kappa shape index (κ1) is 24.1. The van der Waals surface area contributed by atoms with Crippen LogP contribution in [0.4, 0.5) is 0 Å². The van der Waals surface area contributed by atoms with Crippen molar-refractivity contribution in [1.29, 1.82) is 0 Å². The zero-order chi connectivity index (χ0) is 24.0. The lowest BCUT2D eigenvalue weighted by atomic mass is 10.1. The van der Waals surface area contributed by atoms with Crippen LogP contribution in [0, 0.1) is 0 Å². The fourth-order valence-electron chi connectivity index (χ4n) is 3.53. The predicted molar refractivity (Wildman–Crippen MR) is 130 cm³/mol. The fraction of sp³-hybridized carbons (Fsp3) is 0.333. The molecule has 0 bridgehead atoms. The third-order valence-electron chi connectivity index (χ3n) is 5.28. The molecule has 2 amide bonds. The van der Waals surface area contributed by atoms with Gasteiger partial charge in [0.2, 0.25) is 5.91 Å². The Hall–Kier alpha value is -3.54. The molecule has 0 aromatic heterocycles. The molecule has 1 N–H and O–H groups in total. The van der Waals surface area contributed by atoms with Crippen LogP contribution in [0.5, 0.6) is 11.5 Å². The first-order chi connectivity index (χ1) is 15.7. The largest absolute Gasteiger partial charge is 0.497 e. The summed E-state index contributed by atoms with van der Waals surface area (Å²) >= 11 is 0. The number of carbonyl (C=O) groups excluding carboxylic acids is 2. The van der Waals surface area contributed by atoms with Gasteiger partial charge in [-0.15, -0.1) is 0 Å². The summed E-state index contributed by atoms with van der Waals surface area (Å²) in [4.78, 5) is 27.7. The van der Waals surface area contributed by atoms with Gasteiger partial charge in [0.1, 0.15) is 17.5 Å². The SMILES string of the molecule is COc1ccc(CN(C(=O)COc2cccc3ccccc23)[C@H](C)C(=O)NC(C)(C)C)cc1. The summed E-state index contributed by atoms with van der Waals surface area (Å²) in [6, 6.07) is 20.4. The molecule has 3 aromatic carbocycles. The van der Waals surface area contributed by atoms with Gasteiger partial charge in [-0.3, -0.25) is 9.59 Å². The Bertz CT molecular complexity index is 1100. The van der Waals surface area contributed by atoms with Gasteiger partial charge < -0.3 is 19.7 Å². The maximum absolute atomic E-state index is 13.3. The third kappa shape index (κ3) is 6.48. The molecule has 0 saturated carbocycles. The number of amides is 2. The Morgan fingerprint density at radius 1 is 0.970 bits per heavy atom. The van der Waals surface area contributed by atoms with Crippen molar-refractivity contribution in [2.45, 2.75) is 45.8 Å². The second-order valence-corrected chi connectivity index (χ2v) is 9.05. The predicted octanol–water partition coefficient (Wildman–Crippen LogP) is 4.56. The number of hydrogen-bond donors (Lipinski definition) is 1. The van der Waals surface area contributed by atoms with Crippen molar-refractivity contribution in [3.05, 3.63) is 72.3 Å². The molecule has 33 heavy (non-hydrogen) atoms. The second kappa shape index (κ2) is 10.4. The quantitative estimate of drug-likeness (QED) is 0.549. The Labute approximate surface area is 195 Å². The van der Waals surface area contributed by atoms with E-state index in [1.165, 1.54) is 0 Å². The van der Waals surface area contributed by atoms with Gasteiger partial charge >= 0.3 is 0 Å². The van der Waals surface area contributed by atoms with Crippen LogP contribution in [0.3, 0.4) is 0 Å². The topological polar surface area (TPSA) is 67.9 Å². The highest BCUT2D eigenvalue weighted by atomic mass is 16.5.